The van der Waals surface area contributed by atoms with Crippen LogP contribution >= 0.6 is 15.9 Å². The normalized spacial score (nSPS) is 11.8. The monoisotopic (exact) mass is 343 g/mol. The largest absolute Gasteiger partial charge is 0.409 e. The molecule has 0 radical (unpaired) electrons. The molecule has 0 saturated heterocycles. The highest BCUT2D eigenvalue weighted by molar-refractivity contribution is 9.10. The molecule has 106 valence electrons. The van der Waals surface area contributed by atoms with Crippen LogP contribution in [0, 0.1) is 6.92 Å². The first-order valence-corrected chi connectivity index (χ1v) is 7.03. The predicted octanol–water partition coefficient (Wildman–Crippen LogP) is 1.01. The average molecular weight is 344 g/mol. The Labute approximate surface area is 121 Å². The van der Waals surface area contributed by atoms with Gasteiger partial charge in [0.05, 0.1) is 13.2 Å². The molecule has 0 aliphatic heterocycles. The lowest BCUT2D eigenvalue weighted by atomic mass is 10.3. The summed E-state index contributed by atoms with van der Waals surface area (Å²) in [6.45, 7) is 1.77. The second-order valence-corrected chi connectivity index (χ2v) is 5.31. The van der Waals surface area contributed by atoms with Crippen LogP contribution in [0.5, 0.6) is 0 Å². The number of rotatable bonds is 4. The number of H-pyrrole nitrogens is 2. The van der Waals surface area contributed by atoms with Crippen molar-refractivity contribution in [1.29, 1.82) is 0 Å². The fourth-order valence-electron chi connectivity index (χ4n) is 2.22. The molecular formula is C11H13BrFN6O+. The number of nitrogens with zero attached hydrogens (tertiary/aromatic N) is 4. The summed E-state index contributed by atoms with van der Waals surface area (Å²) in [5.41, 5.74) is 1.51. The van der Waals surface area contributed by atoms with Crippen molar-refractivity contribution in [3.8, 4) is 0 Å². The molecular weight excluding hydrogens is 331 g/mol. The highest BCUT2D eigenvalue weighted by Crippen LogP contribution is 2.14. The van der Waals surface area contributed by atoms with Crippen LogP contribution < -0.4 is 10.7 Å². The summed E-state index contributed by atoms with van der Waals surface area (Å²) in [6.07, 6.45) is 1.01. The van der Waals surface area contributed by atoms with Gasteiger partial charge >= 0.3 is 5.69 Å². The van der Waals surface area contributed by atoms with Crippen molar-refractivity contribution in [2.24, 2.45) is 0 Å². The Morgan fingerprint density at radius 3 is 3.00 bits per heavy atom. The molecule has 0 aromatic carbocycles. The van der Waals surface area contributed by atoms with Crippen molar-refractivity contribution in [3.05, 3.63) is 21.0 Å². The zero-order valence-corrected chi connectivity index (χ0v) is 12.4. The molecule has 3 aromatic rings. The van der Waals surface area contributed by atoms with Gasteiger partial charge in [-0.3, -0.25) is 9.37 Å². The van der Waals surface area contributed by atoms with Crippen molar-refractivity contribution >= 4 is 32.7 Å². The maximum absolute atomic E-state index is 12.4. The number of fused-ring (bicyclic) bond motifs is 3. The molecule has 0 amide bonds. The molecule has 7 nitrogen and oxygen atoms in total. The SMILES string of the molecule is Cc1nc2c3[nH]c(Br)[nH+]c3n(CCCCF)c(=O)n2n1. The number of aromatic amines is 2. The number of nitrogens with one attached hydrogen (secondary N) is 2. The molecule has 3 aromatic heterocycles. The number of halogens is 2. The number of alkyl halides is 1. The average Bonchev–Trinajstić information content (AvgIpc) is 2.96. The van der Waals surface area contributed by atoms with Crippen molar-refractivity contribution < 1.29 is 9.37 Å². The Hall–Kier alpha value is -1.77. The van der Waals surface area contributed by atoms with Gasteiger partial charge in [0, 0.05) is 15.9 Å². The van der Waals surface area contributed by atoms with Gasteiger partial charge in [0.15, 0.2) is 0 Å². The van der Waals surface area contributed by atoms with Crippen molar-refractivity contribution in [3.63, 3.8) is 0 Å². The molecule has 0 atom stereocenters. The minimum atomic E-state index is -0.386. The first kappa shape index (κ1) is 13.2. The lowest BCUT2D eigenvalue weighted by Crippen LogP contribution is -2.30. The van der Waals surface area contributed by atoms with Crippen LogP contribution in [0.3, 0.4) is 0 Å². The van der Waals surface area contributed by atoms with E-state index in [2.05, 4.69) is 36.0 Å². The van der Waals surface area contributed by atoms with E-state index in [1.807, 2.05) is 0 Å². The van der Waals surface area contributed by atoms with Crippen molar-refractivity contribution in [2.45, 2.75) is 26.3 Å². The van der Waals surface area contributed by atoms with E-state index in [0.29, 0.717) is 46.8 Å². The maximum Gasteiger partial charge on any atom is 0.409 e. The third-order valence-corrected chi connectivity index (χ3v) is 3.48. The second-order valence-electron chi connectivity index (χ2n) is 4.51. The summed E-state index contributed by atoms with van der Waals surface area (Å²) in [4.78, 5) is 22.8. The van der Waals surface area contributed by atoms with Crippen LogP contribution in [-0.4, -0.2) is 30.8 Å². The predicted molar refractivity (Wildman–Crippen MR) is 73.3 cm³/mol. The quantitative estimate of drug-likeness (QED) is 0.566. The first-order chi connectivity index (χ1) is 9.61. The zero-order valence-electron chi connectivity index (χ0n) is 10.8. The Morgan fingerprint density at radius 1 is 1.45 bits per heavy atom. The van der Waals surface area contributed by atoms with E-state index >= 15 is 0 Å². The fraction of sp³-hybridized carbons (Fsp3) is 0.455. The van der Waals surface area contributed by atoms with E-state index in [1.165, 1.54) is 4.52 Å². The van der Waals surface area contributed by atoms with Gasteiger partial charge in [0.25, 0.3) is 10.4 Å². The lowest BCUT2D eigenvalue weighted by Gasteiger charge is -2.01. The third kappa shape index (κ3) is 2.01. The van der Waals surface area contributed by atoms with E-state index < -0.39 is 0 Å². The number of aromatic nitrogens is 6. The molecule has 0 aliphatic rings. The Morgan fingerprint density at radius 2 is 2.25 bits per heavy atom. The molecule has 9 heteroatoms. The zero-order chi connectivity index (χ0) is 14.3. The van der Waals surface area contributed by atoms with E-state index in [1.54, 1.807) is 11.5 Å². The molecule has 0 saturated carbocycles. The van der Waals surface area contributed by atoms with Gasteiger partial charge in [0.1, 0.15) is 5.82 Å². The van der Waals surface area contributed by atoms with E-state index in [-0.39, 0.29) is 12.4 Å². The Kier molecular flexibility index (Phi) is 3.28. The Balaban J connectivity index is 2.29. The summed E-state index contributed by atoms with van der Waals surface area (Å²) in [5.74, 6) is 0.524. The summed E-state index contributed by atoms with van der Waals surface area (Å²) in [5, 5.41) is 4.11. The maximum atomic E-state index is 12.4. The molecule has 3 rings (SSSR count). The van der Waals surface area contributed by atoms with E-state index in [4.69, 9.17) is 0 Å². The standard InChI is InChI=1S/C11H12BrFN6O/c1-6-14-9-7-8(16-10(12)15-7)18(5-3-2-4-13)11(20)19(9)17-6/h2-5H2,1H3,(H,15,16)/p+1. The summed E-state index contributed by atoms with van der Waals surface area (Å²) < 4.78 is 15.7. The molecule has 3 heterocycles. The van der Waals surface area contributed by atoms with Gasteiger partial charge in [0.2, 0.25) is 11.2 Å². The van der Waals surface area contributed by atoms with Gasteiger partial charge in [-0.2, -0.15) is 0 Å². The molecule has 20 heavy (non-hydrogen) atoms. The van der Waals surface area contributed by atoms with Gasteiger partial charge in [-0.1, -0.05) is 0 Å². The highest BCUT2D eigenvalue weighted by atomic mass is 79.9. The Bertz CT molecular complexity index is 835. The number of hydrogen-bond donors (Lipinski definition) is 1. The van der Waals surface area contributed by atoms with Crippen LogP contribution in [-0.2, 0) is 6.54 Å². The molecule has 0 spiro atoms. The first-order valence-electron chi connectivity index (χ1n) is 6.24. The van der Waals surface area contributed by atoms with Gasteiger partial charge < -0.3 is 0 Å². The third-order valence-electron chi connectivity index (χ3n) is 3.08. The van der Waals surface area contributed by atoms with Crippen molar-refractivity contribution in [1.82, 2.24) is 24.1 Å². The molecule has 0 bridgehead atoms. The molecule has 0 aliphatic carbocycles. The van der Waals surface area contributed by atoms with Gasteiger partial charge in [-0.15, -0.1) is 9.61 Å². The topological polar surface area (TPSA) is 82.1 Å². The van der Waals surface area contributed by atoms with Crippen LogP contribution in [0.15, 0.2) is 9.53 Å². The molecule has 0 fully saturated rings. The second kappa shape index (κ2) is 4.97. The summed E-state index contributed by atoms with van der Waals surface area (Å²) in [7, 11) is 0. The van der Waals surface area contributed by atoms with Crippen LogP contribution in [0.4, 0.5) is 4.39 Å². The van der Waals surface area contributed by atoms with Crippen LogP contribution in [0.2, 0.25) is 0 Å². The van der Waals surface area contributed by atoms with Gasteiger partial charge in [-0.25, -0.2) is 19.3 Å². The minimum Gasteiger partial charge on any atom is -0.258 e. The molecule has 2 N–H and O–H groups in total. The van der Waals surface area contributed by atoms with E-state index in [0.717, 1.165) is 0 Å². The number of aryl methyl sites for hydroxylation is 2. The fourth-order valence-corrected chi connectivity index (χ4v) is 2.61. The summed E-state index contributed by atoms with van der Waals surface area (Å²) >= 11 is 3.31. The lowest BCUT2D eigenvalue weighted by molar-refractivity contribution is -0.364. The minimum absolute atomic E-state index is 0.283. The molecule has 0 unspecified atom stereocenters. The number of unbranched alkanes of at least 4 members (excludes halogenated alkanes) is 1. The van der Waals surface area contributed by atoms with Crippen LogP contribution in [0.1, 0.15) is 18.7 Å². The van der Waals surface area contributed by atoms with E-state index in [9.17, 15) is 9.18 Å². The summed E-state index contributed by atoms with van der Waals surface area (Å²) in [6, 6.07) is 0. The smallest absolute Gasteiger partial charge is 0.258 e. The highest BCUT2D eigenvalue weighted by Gasteiger charge is 2.22. The van der Waals surface area contributed by atoms with Crippen LogP contribution in [0.25, 0.3) is 16.8 Å². The van der Waals surface area contributed by atoms with Gasteiger partial charge in [-0.05, 0) is 19.8 Å². The number of hydrogen-bond acceptors (Lipinski definition) is 3. The van der Waals surface area contributed by atoms with Crippen molar-refractivity contribution in [2.75, 3.05) is 6.67 Å². The number of imidazole rings is 1.